The third-order valence-corrected chi connectivity index (χ3v) is 5.46. The van der Waals surface area contributed by atoms with E-state index in [1.807, 2.05) is 6.07 Å². The molecule has 0 aromatic heterocycles. The van der Waals surface area contributed by atoms with Crippen LogP contribution in [0.4, 0.5) is 0 Å². The van der Waals surface area contributed by atoms with Crippen LogP contribution in [0, 0.1) is 11.8 Å². The Bertz CT molecular complexity index is 490. The monoisotopic (exact) mass is 323 g/mol. The molecule has 3 rings (SSSR count). The highest BCUT2D eigenvalue weighted by atomic mass is 79.9. The largest absolute Gasteiger partial charge is 0.487 e. The predicted octanol–water partition coefficient (Wildman–Crippen LogP) is 4.43. The first kappa shape index (κ1) is 13.4. The topological polar surface area (TPSA) is 35.2 Å². The van der Waals surface area contributed by atoms with Crippen LogP contribution >= 0.6 is 15.9 Å². The summed E-state index contributed by atoms with van der Waals surface area (Å²) in [5.74, 6) is 2.38. The van der Waals surface area contributed by atoms with Crippen molar-refractivity contribution in [1.29, 1.82) is 0 Å². The van der Waals surface area contributed by atoms with Crippen molar-refractivity contribution in [3.63, 3.8) is 0 Å². The molecule has 104 valence electrons. The highest BCUT2D eigenvalue weighted by Crippen LogP contribution is 2.49. The normalized spacial score (nSPS) is 37.8. The molecule has 1 aliphatic heterocycles. The van der Waals surface area contributed by atoms with Gasteiger partial charge in [-0.2, -0.15) is 0 Å². The van der Waals surface area contributed by atoms with Gasteiger partial charge in [-0.3, -0.25) is 0 Å². The van der Waals surface area contributed by atoms with Crippen LogP contribution in [0.25, 0.3) is 0 Å². The Morgan fingerprint density at radius 1 is 1.37 bits per heavy atom. The standard InChI is InChI=1S/C16H22BrNO/c1-10-5-6-16(11(2)7-10)9-14(18)13-8-12(17)3-4-15(13)19-16/h3-4,8,10-11,14H,5-7,9,18H2,1-2H3/t10?,11?,14-,16?/m0/s1. The minimum absolute atomic E-state index is 0.0350. The minimum Gasteiger partial charge on any atom is -0.487 e. The second-order valence-electron chi connectivity index (χ2n) is 6.44. The summed E-state index contributed by atoms with van der Waals surface area (Å²) >= 11 is 3.51. The van der Waals surface area contributed by atoms with Crippen molar-refractivity contribution in [3.8, 4) is 5.75 Å². The van der Waals surface area contributed by atoms with Crippen LogP contribution in [0.3, 0.4) is 0 Å². The highest BCUT2D eigenvalue weighted by Gasteiger charge is 2.46. The summed E-state index contributed by atoms with van der Waals surface area (Å²) < 4.78 is 7.52. The van der Waals surface area contributed by atoms with Gasteiger partial charge in [-0.15, -0.1) is 0 Å². The van der Waals surface area contributed by atoms with Crippen LogP contribution in [-0.2, 0) is 0 Å². The van der Waals surface area contributed by atoms with Crippen LogP contribution in [0.1, 0.15) is 51.1 Å². The summed E-state index contributed by atoms with van der Waals surface area (Å²) in [6, 6.07) is 6.30. The molecule has 3 unspecified atom stereocenters. The van der Waals surface area contributed by atoms with Crippen molar-refractivity contribution in [2.45, 2.75) is 51.2 Å². The Balaban J connectivity index is 1.94. The first-order valence-corrected chi connectivity index (χ1v) is 8.03. The number of halogens is 1. The van der Waals surface area contributed by atoms with E-state index in [0.29, 0.717) is 5.92 Å². The second-order valence-corrected chi connectivity index (χ2v) is 7.36. The maximum Gasteiger partial charge on any atom is 0.125 e. The molecule has 1 fully saturated rings. The predicted molar refractivity (Wildman–Crippen MR) is 81.2 cm³/mol. The quantitative estimate of drug-likeness (QED) is 0.766. The minimum atomic E-state index is -0.0350. The van der Waals surface area contributed by atoms with E-state index < -0.39 is 0 Å². The van der Waals surface area contributed by atoms with Gasteiger partial charge in [0, 0.05) is 22.5 Å². The first-order valence-electron chi connectivity index (χ1n) is 7.24. The Labute approximate surface area is 123 Å². The van der Waals surface area contributed by atoms with Crippen LogP contribution in [0.15, 0.2) is 22.7 Å². The fourth-order valence-electron chi connectivity index (χ4n) is 3.77. The van der Waals surface area contributed by atoms with Crippen molar-refractivity contribution < 1.29 is 4.74 Å². The van der Waals surface area contributed by atoms with Gasteiger partial charge in [0.25, 0.3) is 0 Å². The fraction of sp³-hybridized carbons (Fsp3) is 0.625. The molecule has 0 radical (unpaired) electrons. The van der Waals surface area contributed by atoms with Crippen molar-refractivity contribution in [2.24, 2.45) is 17.6 Å². The molecule has 1 saturated carbocycles. The Hall–Kier alpha value is -0.540. The van der Waals surface area contributed by atoms with Gasteiger partial charge in [-0.05, 0) is 49.3 Å². The van der Waals surface area contributed by atoms with E-state index in [1.165, 1.54) is 12.8 Å². The summed E-state index contributed by atoms with van der Waals surface area (Å²) in [6.45, 7) is 4.67. The summed E-state index contributed by atoms with van der Waals surface area (Å²) in [5, 5.41) is 0. The molecule has 1 aromatic rings. The number of hydrogen-bond donors (Lipinski definition) is 1. The number of rotatable bonds is 0. The van der Waals surface area contributed by atoms with E-state index in [-0.39, 0.29) is 11.6 Å². The first-order chi connectivity index (χ1) is 9.00. The molecule has 0 saturated heterocycles. The number of fused-ring (bicyclic) bond motifs is 1. The Morgan fingerprint density at radius 2 is 2.16 bits per heavy atom. The van der Waals surface area contributed by atoms with Crippen LogP contribution < -0.4 is 10.5 Å². The molecule has 1 spiro atoms. The average molecular weight is 324 g/mol. The van der Waals surface area contributed by atoms with E-state index in [9.17, 15) is 0 Å². The van der Waals surface area contributed by atoms with Crippen molar-refractivity contribution in [2.75, 3.05) is 0 Å². The maximum atomic E-state index is 6.45. The van der Waals surface area contributed by atoms with Gasteiger partial charge < -0.3 is 10.5 Å². The molecule has 2 nitrogen and oxygen atoms in total. The summed E-state index contributed by atoms with van der Waals surface area (Å²) in [5.41, 5.74) is 7.53. The van der Waals surface area contributed by atoms with Crippen molar-refractivity contribution in [3.05, 3.63) is 28.2 Å². The molecule has 19 heavy (non-hydrogen) atoms. The molecule has 3 heteroatoms. The molecule has 0 bridgehead atoms. The van der Waals surface area contributed by atoms with E-state index in [2.05, 4.69) is 41.9 Å². The molecule has 2 N–H and O–H groups in total. The van der Waals surface area contributed by atoms with Crippen LogP contribution in [0.2, 0.25) is 0 Å². The lowest BCUT2D eigenvalue weighted by Gasteiger charge is -2.49. The zero-order chi connectivity index (χ0) is 13.6. The van der Waals surface area contributed by atoms with Crippen molar-refractivity contribution >= 4 is 15.9 Å². The zero-order valence-corrected chi connectivity index (χ0v) is 13.2. The van der Waals surface area contributed by atoms with Crippen molar-refractivity contribution in [1.82, 2.24) is 0 Å². The Morgan fingerprint density at radius 3 is 2.89 bits per heavy atom. The number of hydrogen-bond acceptors (Lipinski definition) is 2. The van der Waals surface area contributed by atoms with E-state index in [1.54, 1.807) is 0 Å². The molecule has 4 atom stereocenters. The molecular weight excluding hydrogens is 302 g/mol. The van der Waals surface area contributed by atoms with Crippen LogP contribution in [0.5, 0.6) is 5.75 Å². The lowest BCUT2D eigenvalue weighted by Crippen LogP contribution is -2.50. The maximum absolute atomic E-state index is 6.45. The second kappa shape index (κ2) is 4.78. The van der Waals surface area contributed by atoms with Gasteiger partial charge in [0.05, 0.1) is 0 Å². The van der Waals surface area contributed by atoms with E-state index in [0.717, 1.165) is 34.5 Å². The fourth-order valence-corrected chi connectivity index (χ4v) is 4.15. The molecule has 1 aliphatic carbocycles. The summed E-state index contributed by atoms with van der Waals surface area (Å²) in [7, 11) is 0. The van der Waals surface area contributed by atoms with Gasteiger partial charge in [0.15, 0.2) is 0 Å². The third-order valence-electron chi connectivity index (χ3n) is 4.96. The highest BCUT2D eigenvalue weighted by molar-refractivity contribution is 9.10. The molecule has 1 aromatic carbocycles. The van der Waals surface area contributed by atoms with Crippen LogP contribution in [-0.4, -0.2) is 5.60 Å². The summed E-state index contributed by atoms with van der Waals surface area (Å²) in [4.78, 5) is 0. The van der Waals surface area contributed by atoms with E-state index >= 15 is 0 Å². The average Bonchev–Trinajstić information content (AvgIpc) is 2.36. The molecule has 1 heterocycles. The lowest BCUT2D eigenvalue weighted by atomic mass is 9.68. The molecule has 2 aliphatic rings. The van der Waals surface area contributed by atoms with Gasteiger partial charge in [0.1, 0.15) is 11.4 Å². The SMILES string of the molecule is CC1CCC2(C[C@H](N)c3cc(Br)ccc3O2)C(C)C1. The smallest absolute Gasteiger partial charge is 0.125 e. The Kier molecular flexibility index (Phi) is 3.38. The number of benzene rings is 1. The molecular formula is C16H22BrNO. The summed E-state index contributed by atoms with van der Waals surface area (Å²) in [6.07, 6.45) is 4.59. The van der Waals surface area contributed by atoms with Gasteiger partial charge in [0.2, 0.25) is 0 Å². The molecule has 0 amide bonds. The zero-order valence-electron chi connectivity index (χ0n) is 11.7. The van der Waals surface area contributed by atoms with Gasteiger partial charge in [-0.25, -0.2) is 0 Å². The number of ether oxygens (including phenoxy) is 1. The lowest BCUT2D eigenvalue weighted by molar-refractivity contribution is -0.0519. The number of nitrogens with two attached hydrogens (primary N) is 1. The van der Waals surface area contributed by atoms with E-state index in [4.69, 9.17) is 10.5 Å². The van der Waals surface area contributed by atoms with Gasteiger partial charge in [-0.1, -0.05) is 29.8 Å². The third kappa shape index (κ3) is 2.31. The van der Waals surface area contributed by atoms with Gasteiger partial charge >= 0.3 is 0 Å².